The first kappa shape index (κ1) is 16.9. The molecule has 2 aromatic heterocycles. The van der Waals surface area contributed by atoms with Crippen LogP contribution >= 0.6 is 0 Å². The summed E-state index contributed by atoms with van der Waals surface area (Å²) in [6.45, 7) is 0.993. The van der Waals surface area contributed by atoms with Crippen molar-refractivity contribution in [2.24, 2.45) is 5.73 Å². The number of carbonyl (C=O) groups is 1. The Morgan fingerprint density at radius 2 is 1.89 bits per heavy atom. The summed E-state index contributed by atoms with van der Waals surface area (Å²) < 4.78 is 2.03. The van der Waals surface area contributed by atoms with Gasteiger partial charge in [0.15, 0.2) is 0 Å². The van der Waals surface area contributed by atoms with Crippen LogP contribution in [0.3, 0.4) is 0 Å². The van der Waals surface area contributed by atoms with E-state index in [1.807, 2.05) is 65.2 Å². The van der Waals surface area contributed by atoms with Gasteiger partial charge in [-0.1, -0.05) is 30.3 Å². The molecule has 0 saturated carbocycles. The molecule has 0 fully saturated rings. The van der Waals surface area contributed by atoms with Gasteiger partial charge in [0.05, 0.1) is 23.7 Å². The summed E-state index contributed by atoms with van der Waals surface area (Å²) in [4.78, 5) is 21.2. The number of nitrogens with one attached hydrogen (secondary N) is 1. The average Bonchev–Trinajstić information content (AvgIpc) is 3.11. The van der Waals surface area contributed by atoms with E-state index >= 15 is 0 Å². The lowest BCUT2D eigenvalue weighted by Gasteiger charge is -2.09. The number of hydrogen-bond donors (Lipinski definition) is 2. The second-order valence-corrected chi connectivity index (χ2v) is 6.26. The molecular weight excluding hydrogens is 338 g/mol. The number of imidazole rings is 1. The van der Waals surface area contributed by atoms with Gasteiger partial charge in [0, 0.05) is 24.3 Å². The summed E-state index contributed by atoms with van der Waals surface area (Å²) in [5, 5.41) is 2.91. The molecule has 6 nitrogen and oxygen atoms in total. The maximum absolute atomic E-state index is 12.5. The standard InChI is InChI=1S/C21H19N5O/c22-11-18-10-20-19(12-23-18)24-14-26(20)13-15-5-4-6-16(9-15)21(27)25-17-7-2-1-3-8-17/h1-10,12,14H,11,13,22H2,(H,25,27). The molecule has 6 heteroatoms. The predicted octanol–water partition coefficient (Wildman–Crippen LogP) is 3.19. The van der Waals surface area contributed by atoms with Crippen LogP contribution in [-0.2, 0) is 13.1 Å². The van der Waals surface area contributed by atoms with Crippen LogP contribution in [0.1, 0.15) is 21.6 Å². The molecule has 4 aromatic rings. The molecule has 0 saturated heterocycles. The molecule has 27 heavy (non-hydrogen) atoms. The molecule has 4 rings (SSSR count). The first-order chi connectivity index (χ1) is 13.2. The zero-order chi connectivity index (χ0) is 18.6. The van der Waals surface area contributed by atoms with Crippen LogP contribution in [0.15, 0.2) is 73.2 Å². The molecular formula is C21H19N5O. The molecule has 0 bridgehead atoms. The molecule has 0 aliphatic rings. The van der Waals surface area contributed by atoms with Crippen LogP contribution in [0.5, 0.6) is 0 Å². The number of para-hydroxylation sites is 1. The van der Waals surface area contributed by atoms with Gasteiger partial charge in [-0.05, 0) is 35.9 Å². The monoisotopic (exact) mass is 357 g/mol. The van der Waals surface area contributed by atoms with E-state index in [0.29, 0.717) is 18.7 Å². The Labute approximate surface area is 156 Å². The molecule has 0 spiro atoms. The Kier molecular flexibility index (Phi) is 4.63. The van der Waals surface area contributed by atoms with E-state index in [0.717, 1.165) is 28.0 Å². The lowest BCUT2D eigenvalue weighted by molar-refractivity contribution is 0.102. The largest absolute Gasteiger partial charge is 0.326 e. The Balaban J connectivity index is 1.57. The first-order valence-corrected chi connectivity index (χ1v) is 8.68. The van der Waals surface area contributed by atoms with E-state index in [9.17, 15) is 4.79 Å². The summed E-state index contributed by atoms with van der Waals surface area (Å²) in [7, 11) is 0. The topological polar surface area (TPSA) is 85.8 Å². The summed E-state index contributed by atoms with van der Waals surface area (Å²) in [6, 6.07) is 19.0. The molecule has 0 atom stereocenters. The van der Waals surface area contributed by atoms with Crippen molar-refractivity contribution in [1.82, 2.24) is 14.5 Å². The second-order valence-electron chi connectivity index (χ2n) is 6.26. The Bertz CT molecular complexity index is 1090. The summed E-state index contributed by atoms with van der Waals surface area (Å²) >= 11 is 0. The number of benzene rings is 2. The van der Waals surface area contributed by atoms with Crippen molar-refractivity contribution in [1.29, 1.82) is 0 Å². The molecule has 0 aliphatic heterocycles. The molecule has 0 radical (unpaired) electrons. The number of nitrogens with two attached hydrogens (primary N) is 1. The third kappa shape index (κ3) is 3.70. The van der Waals surface area contributed by atoms with Crippen LogP contribution in [0.4, 0.5) is 5.69 Å². The average molecular weight is 357 g/mol. The van der Waals surface area contributed by atoms with E-state index in [2.05, 4.69) is 15.3 Å². The minimum absolute atomic E-state index is 0.131. The number of hydrogen-bond acceptors (Lipinski definition) is 4. The van der Waals surface area contributed by atoms with Crippen molar-refractivity contribution in [2.45, 2.75) is 13.1 Å². The fraction of sp³-hybridized carbons (Fsp3) is 0.0952. The van der Waals surface area contributed by atoms with Gasteiger partial charge in [0.2, 0.25) is 0 Å². The highest BCUT2D eigenvalue weighted by molar-refractivity contribution is 6.04. The Hall–Kier alpha value is -3.51. The molecule has 2 aromatic carbocycles. The quantitative estimate of drug-likeness (QED) is 0.574. The maximum Gasteiger partial charge on any atom is 0.255 e. The molecule has 134 valence electrons. The van der Waals surface area contributed by atoms with Gasteiger partial charge in [0.1, 0.15) is 5.52 Å². The molecule has 0 aliphatic carbocycles. The lowest BCUT2D eigenvalue weighted by atomic mass is 10.1. The van der Waals surface area contributed by atoms with Gasteiger partial charge in [-0.25, -0.2) is 4.98 Å². The lowest BCUT2D eigenvalue weighted by Crippen LogP contribution is -2.12. The second kappa shape index (κ2) is 7.39. The zero-order valence-electron chi connectivity index (χ0n) is 14.7. The number of anilines is 1. The summed E-state index contributed by atoms with van der Waals surface area (Å²) in [5.41, 5.74) is 10.7. The van der Waals surface area contributed by atoms with Gasteiger partial charge in [-0.2, -0.15) is 0 Å². The molecule has 1 amide bonds. The Morgan fingerprint density at radius 3 is 2.70 bits per heavy atom. The van der Waals surface area contributed by atoms with Crippen molar-refractivity contribution in [3.8, 4) is 0 Å². The number of pyridine rings is 1. The van der Waals surface area contributed by atoms with Gasteiger partial charge >= 0.3 is 0 Å². The van der Waals surface area contributed by atoms with Crippen LogP contribution in [0.25, 0.3) is 11.0 Å². The van der Waals surface area contributed by atoms with E-state index in [-0.39, 0.29) is 5.91 Å². The van der Waals surface area contributed by atoms with Gasteiger partial charge < -0.3 is 15.6 Å². The van der Waals surface area contributed by atoms with Crippen LogP contribution < -0.4 is 11.1 Å². The molecule has 3 N–H and O–H groups in total. The fourth-order valence-electron chi connectivity index (χ4n) is 2.97. The number of rotatable bonds is 5. The number of nitrogens with zero attached hydrogens (tertiary/aromatic N) is 3. The van der Waals surface area contributed by atoms with Gasteiger partial charge in [-0.3, -0.25) is 9.78 Å². The SMILES string of the molecule is NCc1cc2c(cn1)ncn2Cc1cccc(C(=O)Nc2ccccc2)c1. The summed E-state index contributed by atoms with van der Waals surface area (Å²) in [6.07, 6.45) is 3.51. The minimum atomic E-state index is -0.131. The highest BCUT2D eigenvalue weighted by Crippen LogP contribution is 2.16. The normalized spacial score (nSPS) is 10.9. The Morgan fingerprint density at radius 1 is 1.04 bits per heavy atom. The van der Waals surface area contributed by atoms with Crippen molar-refractivity contribution in [3.05, 3.63) is 90.0 Å². The highest BCUT2D eigenvalue weighted by Gasteiger charge is 2.09. The smallest absolute Gasteiger partial charge is 0.255 e. The number of carbonyl (C=O) groups excluding carboxylic acids is 1. The zero-order valence-corrected chi connectivity index (χ0v) is 14.7. The van der Waals surface area contributed by atoms with Crippen LogP contribution in [0.2, 0.25) is 0 Å². The van der Waals surface area contributed by atoms with Gasteiger partial charge in [-0.15, -0.1) is 0 Å². The number of fused-ring (bicyclic) bond motifs is 1. The first-order valence-electron chi connectivity index (χ1n) is 8.68. The van der Waals surface area contributed by atoms with Crippen molar-refractivity contribution in [3.63, 3.8) is 0 Å². The van der Waals surface area contributed by atoms with Crippen molar-refractivity contribution in [2.75, 3.05) is 5.32 Å². The van der Waals surface area contributed by atoms with E-state index in [4.69, 9.17) is 5.73 Å². The third-order valence-corrected chi connectivity index (χ3v) is 4.35. The molecule has 0 unspecified atom stereocenters. The highest BCUT2D eigenvalue weighted by atomic mass is 16.1. The summed E-state index contributed by atoms with van der Waals surface area (Å²) in [5.74, 6) is -0.131. The molecule has 2 heterocycles. The third-order valence-electron chi connectivity index (χ3n) is 4.35. The van der Waals surface area contributed by atoms with Crippen LogP contribution in [0, 0.1) is 0 Å². The van der Waals surface area contributed by atoms with Crippen LogP contribution in [-0.4, -0.2) is 20.4 Å². The van der Waals surface area contributed by atoms with E-state index in [1.54, 1.807) is 12.5 Å². The predicted molar refractivity (Wildman–Crippen MR) is 105 cm³/mol. The number of aromatic nitrogens is 3. The van der Waals surface area contributed by atoms with Crippen molar-refractivity contribution >= 4 is 22.6 Å². The number of amides is 1. The van der Waals surface area contributed by atoms with E-state index in [1.165, 1.54) is 0 Å². The fourth-order valence-corrected chi connectivity index (χ4v) is 2.97. The van der Waals surface area contributed by atoms with Crippen molar-refractivity contribution < 1.29 is 4.79 Å². The maximum atomic E-state index is 12.5. The van der Waals surface area contributed by atoms with E-state index < -0.39 is 0 Å². The van der Waals surface area contributed by atoms with Gasteiger partial charge in [0.25, 0.3) is 5.91 Å². The minimum Gasteiger partial charge on any atom is -0.326 e.